The van der Waals surface area contributed by atoms with Gasteiger partial charge in [0.25, 0.3) is 0 Å². The summed E-state index contributed by atoms with van der Waals surface area (Å²) in [5, 5.41) is 5.36. The minimum absolute atomic E-state index is 0.797. The summed E-state index contributed by atoms with van der Waals surface area (Å²) in [5.74, 6) is 0. The van der Waals surface area contributed by atoms with Crippen molar-refractivity contribution in [2.45, 2.75) is 6.54 Å². The van der Waals surface area contributed by atoms with Crippen LogP contribution in [0.25, 0.3) is 10.9 Å². The van der Waals surface area contributed by atoms with Crippen molar-refractivity contribution in [2.75, 3.05) is 26.2 Å². The number of rotatable bonds is 2. The normalized spacial score (nSPS) is 17.7. The number of aromatic amines is 1. The fourth-order valence-corrected chi connectivity index (χ4v) is 2.54. The Morgan fingerprint density at radius 2 is 2.00 bits per heavy atom. The Morgan fingerprint density at radius 1 is 1.18 bits per heavy atom. The lowest BCUT2D eigenvalue weighted by atomic mass is 10.2. The molecule has 0 saturated carbocycles. The summed E-state index contributed by atoms with van der Waals surface area (Å²) < 4.78 is 0. The molecule has 2 heterocycles. The van der Waals surface area contributed by atoms with E-state index in [1.807, 2.05) is 18.2 Å². The standard InChI is InChI=1S/C13H16ClN3/c14-11-1-2-13-10(7-11)8-12(16-13)9-17-5-3-15-4-6-17/h1-2,7-8,15-16H,3-6,9H2. The molecule has 2 N–H and O–H groups in total. The maximum Gasteiger partial charge on any atom is 0.0457 e. The van der Waals surface area contributed by atoms with Crippen molar-refractivity contribution >= 4 is 22.5 Å². The average molecular weight is 250 g/mol. The van der Waals surface area contributed by atoms with Crippen molar-refractivity contribution in [3.8, 4) is 0 Å². The van der Waals surface area contributed by atoms with E-state index >= 15 is 0 Å². The third-order valence-corrected chi connectivity index (χ3v) is 3.48. The van der Waals surface area contributed by atoms with Gasteiger partial charge in [-0.1, -0.05) is 11.6 Å². The first kappa shape index (κ1) is 11.1. The molecular weight excluding hydrogens is 234 g/mol. The van der Waals surface area contributed by atoms with Gasteiger partial charge in [0.2, 0.25) is 0 Å². The minimum Gasteiger partial charge on any atom is -0.357 e. The molecule has 0 spiro atoms. The van der Waals surface area contributed by atoms with Gasteiger partial charge in [-0.05, 0) is 24.3 Å². The van der Waals surface area contributed by atoms with Gasteiger partial charge in [-0.3, -0.25) is 4.90 Å². The minimum atomic E-state index is 0.797. The van der Waals surface area contributed by atoms with E-state index in [1.165, 1.54) is 16.6 Å². The second kappa shape index (κ2) is 4.69. The van der Waals surface area contributed by atoms with Crippen LogP contribution in [-0.4, -0.2) is 36.1 Å². The van der Waals surface area contributed by atoms with Gasteiger partial charge in [0, 0.05) is 54.3 Å². The fourth-order valence-electron chi connectivity index (χ4n) is 2.36. The number of benzene rings is 1. The second-order valence-corrected chi connectivity index (χ2v) is 4.99. The lowest BCUT2D eigenvalue weighted by Crippen LogP contribution is -2.42. The number of piperazine rings is 1. The molecule has 90 valence electrons. The third-order valence-electron chi connectivity index (χ3n) is 3.24. The van der Waals surface area contributed by atoms with Crippen molar-refractivity contribution in [3.63, 3.8) is 0 Å². The second-order valence-electron chi connectivity index (χ2n) is 4.55. The van der Waals surface area contributed by atoms with Gasteiger partial charge in [-0.15, -0.1) is 0 Å². The van der Waals surface area contributed by atoms with E-state index in [2.05, 4.69) is 21.3 Å². The number of hydrogen-bond acceptors (Lipinski definition) is 2. The number of hydrogen-bond donors (Lipinski definition) is 2. The zero-order valence-electron chi connectivity index (χ0n) is 9.67. The number of H-pyrrole nitrogens is 1. The molecule has 0 amide bonds. The van der Waals surface area contributed by atoms with Crippen LogP contribution in [-0.2, 0) is 6.54 Å². The van der Waals surface area contributed by atoms with Crippen LogP contribution in [0.15, 0.2) is 24.3 Å². The van der Waals surface area contributed by atoms with E-state index < -0.39 is 0 Å². The Bertz CT molecular complexity index is 514. The Kier molecular flexibility index (Phi) is 3.05. The van der Waals surface area contributed by atoms with Gasteiger partial charge in [-0.25, -0.2) is 0 Å². The van der Waals surface area contributed by atoms with E-state index in [0.29, 0.717) is 0 Å². The van der Waals surface area contributed by atoms with E-state index in [-0.39, 0.29) is 0 Å². The molecule has 3 nitrogen and oxygen atoms in total. The van der Waals surface area contributed by atoms with Crippen LogP contribution in [0.1, 0.15) is 5.69 Å². The van der Waals surface area contributed by atoms with Crippen molar-refractivity contribution < 1.29 is 0 Å². The van der Waals surface area contributed by atoms with Gasteiger partial charge in [0.15, 0.2) is 0 Å². The molecule has 0 radical (unpaired) electrons. The van der Waals surface area contributed by atoms with Gasteiger partial charge < -0.3 is 10.3 Å². The summed E-state index contributed by atoms with van der Waals surface area (Å²) >= 11 is 5.99. The summed E-state index contributed by atoms with van der Waals surface area (Å²) in [6, 6.07) is 8.17. The molecule has 2 aromatic rings. The lowest BCUT2D eigenvalue weighted by molar-refractivity contribution is 0.231. The van der Waals surface area contributed by atoms with Gasteiger partial charge in [0.05, 0.1) is 0 Å². The molecule has 1 aromatic carbocycles. The number of halogens is 1. The van der Waals surface area contributed by atoms with Crippen molar-refractivity contribution in [1.82, 2.24) is 15.2 Å². The molecule has 17 heavy (non-hydrogen) atoms. The Balaban J connectivity index is 1.80. The van der Waals surface area contributed by atoms with Crippen molar-refractivity contribution in [3.05, 3.63) is 35.0 Å². The predicted octanol–water partition coefficient (Wildman–Crippen LogP) is 2.23. The molecule has 4 heteroatoms. The monoisotopic (exact) mass is 249 g/mol. The van der Waals surface area contributed by atoms with Crippen molar-refractivity contribution in [2.24, 2.45) is 0 Å². The maximum absolute atomic E-state index is 5.99. The molecule has 0 unspecified atom stereocenters. The Hall–Kier alpha value is -1.03. The van der Waals surface area contributed by atoms with Gasteiger partial charge >= 0.3 is 0 Å². The van der Waals surface area contributed by atoms with Crippen LogP contribution in [0.3, 0.4) is 0 Å². The van der Waals surface area contributed by atoms with Crippen LogP contribution < -0.4 is 5.32 Å². The maximum atomic E-state index is 5.99. The molecule has 0 aliphatic carbocycles. The van der Waals surface area contributed by atoms with Crippen LogP contribution in [0, 0.1) is 0 Å². The Labute approximate surface area is 106 Å². The smallest absolute Gasteiger partial charge is 0.0457 e. The Morgan fingerprint density at radius 3 is 2.82 bits per heavy atom. The SMILES string of the molecule is Clc1ccc2[nH]c(CN3CCNCC3)cc2c1. The summed E-state index contributed by atoms with van der Waals surface area (Å²) in [6.45, 7) is 5.42. The quantitative estimate of drug-likeness (QED) is 0.855. The van der Waals surface area contributed by atoms with E-state index in [0.717, 1.165) is 37.7 Å². The highest BCUT2D eigenvalue weighted by atomic mass is 35.5. The molecule has 1 aromatic heterocycles. The van der Waals surface area contributed by atoms with Crippen LogP contribution >= 0.6 is 11.6 Å². The zero-order chi connectivity index (χ0) is 11.7. The number of aromatic nitrogens is 1. The highest BCUT2D eigenvalue weighted by Crippen LogP contribution is 2.20. The average Bonchev–Trinajstić information content (AvgIpc) is 2.71. The largest absolute Gasteiger partial charge is 0.357 e. The van der Waals surface area contributed by atoms with E-state index in [1.54, 1.807) is 0 Å². The molecule has 1 saturated heterocycles. The molecule has 1 fully saturated rings. The first-order valence-corrected chi connectivity index (χ1v) is 6.39. The van der Waals surface area contributed by atoms with E-state index in [9.17, 15) is 0 Å². The predicted molar refractivity (Wildman–Crippen MR) is 71.5 cm³/mol. The van der Waals surface area contributed by atoms with Crippen LogP contribution in [0.5, 0.6) is 0 Å². The third kappa shape index (κ3) is 2.46. The summed E-state index contributed by atoms with van der Waals surface area (Å²) in [4.78, 5) is 5.91. The summed E-state index contributed by atoms with van der Waals surface area (Å²) in [6.07, 6.45) is 0. The highest BCUT2D eigenvalue weighted by Gasteiger charge is 2.11. The van der Waals surface area contributed by atoms with Gasteiger partial charge in [-0.2, -0.15) is 0 Å². The molecule has 0 atom stereocenters. The molecule has 3 rings (SSSR count). The number of nitrogens with one attached hydrogen (secondary N) is 2. The number of fused-ring (bicyclic) bond motifs is 1. The first-order chi connectivity index (χ1) is 8.31. The fraction of sp³-hybridized carbons (Fsp3) is 0.385. The summed E-state index contributed by atoms with van der Waals surface area (Å²) in [7, 11) is 0. The molecule has 1 aliphatic rings. The highest BCUT2D eigenvalue weighted by molar-refractivity contribution is 6.31. The van der Waals surface area contributed by atoms with Crippen LogP contribution in [0.2, 0.25) is 5.02 Å². The molecule has 1 aliphatic heterocycles. The number of nitrogens with zero attached hydrogens (tertiary/aromatic N) is 1. The zero-order valence-corrected chi connectivity index (χ0v) is 10.4. The molecule has 0 bridgehead atoms. The van der Waals surface area contributed by atoms with Gasteiger partial charge in [0.1, 0.15) is 0 Å². The first-order valence-electron chi connectivity index (χ1n) is 6.01. The topological polar surface area (TPSA) is 31.1 Å². The lowest BCUT2D eigenvalue weighted by Gasteiger charge is -2.26. The summed E-state index contributed by atoms with van der Waals surface area (Å²) in [5.41, 5.74) is 2.43. The van der Waals surface area contributed by atoms with E-state index in [4.69, 9.17) is 11.6 Å². The van der Waals surface area contributed by atoms with Crippen LogP contribution in [0.4, 0.5) is 0 Å². The molecular formula is C13H16ClN3. The van der Waals surface area contributed by atoms with Crippen molar-refractivity contribution in [1.29, 1.82) is 0 Å².